The predicted octanol–water partition coefficient (Wildman–Crippen LogP) is 3.64. The molecule has 0 heterocycles. The van der Waals surface area contributed by atoms with E-state index in [1.165, 1.54) is 12.1 Å². The lowest BCUT2D eigenvalue weighted by atomic mass is 10.0. The minimum absolute atomic E-state index is 0.170. The molecular formula is C16H15ClN2O2S. The van der Waals surface area contributed by atoms with E-state index in [0.717, 1.165) is 5.56 Å². The third-order valence-corrected chi connectivity index (χ3v) is 5.01. The van der Waals surface area contributed by atoms with Crippen LogP contribution in [0.25, 0.3) is 0 Å². The SMILES string of the molecule is CC[C@H](NS(=O)(=O)c1ccc(Cl)cc1)c1ccc(C#N)cc1. The van der Waals surface area contributed by atoms with Crippen molar-refractivity contribution in [3.05, 3.63) is 64.7 Å². The molecule has 6 heteroatoms. The first kappa shape index (κ1) is 16.5. The summed E-state index contributed by atoms with van der Waals surface area (Å²) in [6.45, 7) is 1.90. The second-order valence-electron chi connectivity index (χ2n) is 4.77. The summed E-state index contributed by atoms with van der Waals surface area (Å²) in [4.78, 5) is 0.170. The molecule has 0 aromatic heterocycles. The zero-order valence-electron chi connectivity index (χ0n) is 12.0. The minimum Gasteiger partial charge on any atom is -0.207 e. The van der Waals surface area contributed by atoms with Crippen LogP contribution in [0.5, 0.6) is 0 Å². The summed E-state index contributed by atoms with van der Waals surface area (Å²) in [5.74, 6) is 0. The monoisotopic (exact) mass is 334 g/mol. The highest BCUT2D eigenvalue weighted by molar-refractivity contribution is 7.89. The van der Waals surface area contributed by atoms with Crippen LogP contribution in [0, 0.1) is 11.3 Å². The molecule has 4 nitrogen and oxygen atoms in total. The Kier molecular flexibility index (Phi) is 5.19. The Bertz CT molecular complexity index is 778. The van der Waals surface area contributed by atoms with Gasteiger partial charge in [-0.05, 0) is 48.4 Å². The number of halogens is 1. The van der Waals surface area contributed by atoms with Crippen molar-refractivity contribution in [1.82, 2.24) is 4.72 Å². The van der Waals surface area contributed by atoms with Gasteiger partial charge in [-0.2, -0.15) is 5.26 Å². The summed E-state index contributed by atoms with van der Waals surface area (Å²) < 4.78 is 27.5. The highest BCUT2D eigenvalue weighted by Gasteiger charge is 2.20. The summed E-state index contributed by atoms with van der Waals surface area (Å²) in [6, 6.07) is 14.6. The van der Waals surface area contributed by atoms with Gasteiger partial charge in [0.25, 0.3) is 0 Å². The molecule has 0 radical (unpaired) electrons. The van der Waals surface area contributed by atoms with E-state index in [1.54, 1.807) is 36.4 Å². The number of hydrogen-bond acceptors (Lipinski definition) is 3. The molecule has 0 unspecified atom stereocenters. The fraction of sp³-hybridized carbons (Fsp3) is 0.188. The topological polar surface area (TPSA) is 70.0 Å². The molecular weight excluding hydrogens is 320 g/mol. The summed E-state index contributed by atoms with van der Waals surface area (Å²) in [6.07, 6.45) is 0.596. The maximum atomic E-state index is 12.4. The van der Waals surface area contributed by atoms with Gasteiger partial charge in [0.2, 0.25) is 10.0 Å². The predicted molar refractivity (Wildman–Crippen MR) is 86.0 cm³/mol. The molecule has 0 fully saturated rings. The van der Waals surface area contributed by atoms with Gasteiger partial charge in [-0.3, -0.25) is 0 Å². The molecule has 22 heavy (non-hydrogen) atoms. The van der Waals surface area contributed by atoms with Gasteiger partial charge in [0.1, 0.15) is 0 Å². The van der Waals surface area contributed by atoms with Gasteiger partial charge in [0.05, 0.1) is 16.5 Å². The van der Waals surface area contributed by atoms with Crippen LogP contribution in [0.3, 0.4) is 0 Å². The second-order valence-corrected chi connectivity index (χ2v) is 6.92. The molecule has 0 aliphatic rings. The quantitative estimate of drug-likeness (QED) is 0.907. The molecule has 0 saturated heterocycles. The minimum atomic E-state index is -3.63. The molecule has 0 bridgehead atoms. The number of hydrogen-bond donors (Lipinski definition) is 1. The molecule has 0 saturated carbocycles. The Hall–Kier alpha value is -1.87. The standard InChI is InChI=1S/C16H15ClN2O2S/c1-2-16(13-5-3-12(11-18)4-6-13)19-22(20,21)15-9-7-14(17)8-10-15/h3-10,16,19H,2H2,1H3/t16-/m0/s1. The number of nitriles is 1. The number of sulfonamides is 1. The van der Waals surface area contributed by atoms with Gasteiger partial charge < -0.3 is 0 Å². The van der Waals surface area contributed by atoms with E-state index in [0.29, 0.717) is 17.0 Å². The van der Waals surface area contributed by atoms with Crippen molar-refractivity contribution in [3.63, 3.8) is 0 Å². The van der Waals surface area contributed by atoms with Crippen molar-refractivity contribution in [2.45, 2.75) is 24.3 Å². The molecule has 2 aromatic rings. The number of nitrogens with zero attached hydrogens (tertiary/aromatic N) is 1. The lowest BCUT2D eigenvalue weighted by Crippen LogP contribution is -2.28. The van der Waals surface area contributed by atoms with Crippen LogP contribution >= 0.6 is 11.6 Å². The summed E-state index contributed by atoms with van der Waals surface area (Å²) >= 11 is 5.78. The molecule has 2 aromatic carbocycles. The zero-order valence-corrected chi connectivity index (χ0v) is 13.5. The van der Waals surface area contributed by atoms with Gasteiger partial charge >= 0.3 is 0 Å². The largest absolute Gasteiger partial charge is 0.241 e. The summed E-state index contributed by atoms with van der Waals surface area (Å²) in [5, 5.41) is 9.29. The average molecular weight is 335 g/mol. The molecule has 0 aliphatic carbocycles. The van der Waals surface area contributed by atoms with Crippen LogP contribution in [-0.4, -0.2) is 8.42 Å². The van der Waals surface area contributed by atoms with Crippen molar-refractivity contribution >= 4 is 21.6 Å². The Balaban J connectivity index is 2.25. The van der Waals surface area contributed by atoms with Crippen molar-refractivity contribution in [1.29, 1.82) is 5.26 Å². The average Bonchev–Trinajstić information content (AvgIpc) is 2.53. The first-order valence-corrected chi connectivity index (χ1v) is 8.60. The molecule has 0 spiro atoms. The fourth-order valence-corrected chi connectivity index (χ4v) is 3.48. The van der Waals surface area contributed by atoms with Crippen LogP contribution < -0.4 is 4.72 Å². The van der Waals surface area contributed by atoms with E-state index in [1.807, 2.05) is 13.0 Å². The smallest absolute Gasteiger partial charge is 0.207 e. The molecule has 0 aliphatic heterocycles. The van der Waals surface area contributed by atoms with Gasteiger partial charge in [-0.25, -0.2) is 13.1 Å². The van der Waals surface area contributed by atoms with Gasteiger partial charge in [0, 0.05) is 11.1 Å². The number of rotatable bonds is 5. The van der Waals surface area contributed by atoms with Crippen molar-refractivity contribution < 1.29 is 8.42 Å². The maximum Gasteiger partial charge on any atom is 0.241 e. The maximum absolute atomic E-state index is 12.4. The lowest BCUT2D eigenvalue weighted by molar-refractivity contribution is 0.550. The first-order valence-electron chi connectivity index (χ1n) is 6.74. The highest BCUT2D eigenvalue weighted by Crippen LogP contribution is 2.21. The van der Waals surface area contributed by atoms with Gasteiger partial charge in [0.15, 0.2) is 0 Å². The zero-order chi connectivity index (χ0) is 16.2. The Morgan fingerprint density at radius 1 is 1.14 bits per heavy atom. The normalized spacial score (nSPS) is 12.6. The van der Waals surface area contributed by atoms with E-state index >= 15 is 0 Å². The van der Waals surface area contributed by atoms with Crippen LogP contribution in [-0.2, 0) is 10.0 Å². The molecule has 1 atom stereocenters. The molecule has 2 rings (SSSR count). The van der Waals surface area contributed by atoms with Crippen LogP contribution in [0.4, 0.5) is 0 Å². The van der Waals surface area contributed by atoms with E-state index in [9.17, 15) is 8.42 Å². The Morgan fingerprint density at radius 3 is 2.23 bits per heavy atom. The third kappa shape index (κ3) is 3.86. The van der Waals surface area contributed by atoms with Crippen LogP contribution in [0.15, 0.2) is 53.4 Å². The summed E-state index contributed by atoms with van der Waals surface area (Å²) in [7, 11) is -3.63. The van der Waals surface area contributed by atoms with Crippen molar-refractivity contribution in [2.75, 3.05) is 0 Å². The van der Waals surface area contributed by atoms with Crippen molar-refractivity contribution in [2.24, 2.45) is 0 Å². The molecule has 1 N–H and O–H groups in total. The van der Waals surface area contributed by atoms with E-state index in [4.69, 9.17) is 16.9 Å². The van der Waals surface area contributed by atoms with E-state index in [-0.39, 0.29) is 10.9 Å². The van der Waals surface area contributed by atoms with Crippen molar-refractivity contribution in [3.8, 4) is 6.07 Å². The molecule has 0 amide bonds. The number of nitrogens with one attached hydrogen (secondary N) is 1. The molecule has 114 valence electrons. The summed E-state index contributed by atoms with van der Waals surface area (Å²) in [5.41, 5.74) is 1.36. The van der Waals surface area contributed by atoms with Gasteiger partial charge in [-0.15, -0.1) is 0 Å². The van der Waals surface area contributed by atoms with Gasteiger partial charge in [-0.1, -0.05) is 30.7 Å². The Morgan fingerprint density at radius 2 is 1.73 bits per heavy atom. The first-order chi connectivity index (χ1) is 10.5. The number of benzene rings is 2. The van der Waals surface area contributed by atoms with E-state index < -0.39 is 10.0 Å². The fourth-order valence-electron chi connectivity index (χ4n) is 2.05. The third-order valence-electron chi connectivity index (χ3n) is 3.27. The second kappa shape index (κ2) is 6.93. The van der Waals surface area contributed by atoms with E-state index in [2.05, 4.69) is 4.72 Å². The highest BCUT2D eigenvalue weighted by atomic mass is 35.5. The van der Waals surface area contributed by atoms with Crippen LogP contribution in [0.1, 0.15) is 30.5 Å². The lowest BCUT2D eigenvalue weighted by Gasteiger charge is -2.17. The Labute approximate surface area is 135 Å². The van der Waals surface area contributed by atoms with Crippen LogP contribution in [0.2, 0.25) is 5.02 Å².